The first kappa shape index (κ1) is 16.3. The van der Waals surface area contributed by atoms with Gasteiger partial charge in [0, 0.05) is 13.0 Å². The summed E-state index contributed by atoms with van der Waals surface area (Å²) in [4.78, 5) is 26.4. The summed E-state index contributed by atoms with van der Waals surface area (Å²) in [7, 11) is 0. The van der Waals surface area contributed by atoms with Gasteiger partial charge in [0.1, 0.15) is 5.54 Å². The predicted molar refractivity (Wildman–Crippen MR) is 82.5 cm³/mol. The third-order valence-corrected chi connectivity index (χ3v) is 3.97. The number of rotatable bonds is 5. The maximum absolute atomic E-state index is 12.6. The molecule has 1 fully saturated rings. The van der Waals surface area contributed by atoms with Crippen LogP contribution >= 0.6 is 0 Å². The van der Waals surface area contributed by atoms with E-state index in [1.54, 1.807) is 18.7 Å². The van der Waals surface area contributed by atoms with Crippen molar-refractivity contribution in [1.29, 1.82) is 0 Å². The van der Waals surface area contributed by atoms with E-state index in [1.807, 2.05) is 30.3 Å². The monoisotopic (exact) mass is 305 g/mol. The second kappa shape index (κ2) is 7.29. The minimum absolute atomic E-state index is 0.291. The summed E-state index contributed by atoms with van der Waals surface area (Å²) in [6.45, 7) is 4.64. The first-order chi connectivity index (χ1) is 10.6. The summed E-state index contributed by atoms with van der Waals surface area (Å²) in [5, 5.41) is 0. The average molecular weight is 305 g/mol. The molecule has 0 spiro atoms. The molecule has 1 amide bonds. The Hall–Kier alpha value is -2.04. The number of carbonyl (C=O) groups is 2. The van der Waals surface area contributed by atoms with Crippen LogP contribution in [0.2, 0.25) is 0 Å². The summed E-state index contributed by atoms with van der Waals surface area (Å²) in [6, 6.07) is 9.71. The minimum atomic E-state index is -0.955. The summed E-state index contributed by atoms with van der Waals surface area (Å²) in [5.74, 6) is -0.343. The van der Waals surface area contributed by atoms with Crippen LogP contribution in [-0.2, 0) is 20.7 Å². The Morgan fingerprint density at radius 2 is 1.82 bits per heavy atom. The third kappa shape index (κ3) is 3.24. The smallest absolute Gasteiger partial charge is 0.410 e. The van der Waals surface area contributed by atoms with Crippen LogP contribution < -0.4 is 0 Å². The molecule has 1 aliphatic rings. The lowest BCUT2D eigenvalue weighted by Crippen LogP contribution is -2.55. The average Bonchev–Trinajstić information content (AvgIpc) is 2.94. The van der Waals surface area contributed by atoms with Crippen LogP contribution in [0.25, 0.3) is 0 Å². The van der Waals surface area contributed by atoms with Gasteiger partial charge in [0.05, 0.1) is 13.2 Å². The zero-order chi connectivity index (χ0) is 16.0. The highest BCUT2D eigenvalue weighted by molar-refractivity contribution is 5.87. The molecule has 0 radical (unpaired) electrons. The van der Waals surface area contributed by atoms with E-state index in [9.17, 15) is 9.59 Å². The first-order valence-corrected chi connectivity index (χ1v) is 7.79. The number of likely N-dealkylation sites (tertiary alicyclic amines) is 1. The second-order valence-electron chi connectivity index (χ2n) is 5.37. The van der Waals surface area contributed by atoms with Crippen molar-refractivity contribution in [2.75, 3.05) is 19.8 Å². The molecule has 0 unspecified atom stereocenters. The summed E-state index contributed by atoms with van der Waals surface area (Å²) >= 11 is 0. The van der Waals surface area contributed by atoms with E-state index in [0.29, 0.717) is 32.6 Å². The second-order valence-corrected chi connectivity index (χ2v) is 5.37. The largest absolute Gasteiger partial charge is 0.464 e. The molecule has 0 aliphatic carbocycles. The number of hydrogen-bond donors (Lipinski definition) is 0. The SMILES string of the molecule is CCOC(=O)N1CCC[C@@]1(Cc1ccccc1)C(=O)OCC. The van der Waals surface area contributed by atoms with Crippen LogP contribution in [0.3, 0.4) is 0 Å². The van der Waals surface area contributed by atoms with Gasteiger partial charge in [0.25, 0.3) is 0 Å². The Labute approximate surface area is 131 Å². The van der Waals surface area contributed by atoms with Crippen molar-refractivity contribution in [1.82, 2.24) is 4.90 Å². The molecule has 0 bridgehead atoms. The van der Waals surface area contributed by atoms with E-state index in [4.69, 9.17) is 9.47 Å². The number of benzene rings is 1. The summed E-state index contributed by atoms with van der Waals surface area (Å²) in [5.41, 5.74) is 0.0515. The molecule has 1 heterocycles. The van der Waals surface area contributed by atoms with E-state index >= 15 is 0 Å². The molecule has 2 rings (SSSR count). The van der Waals surface area contributed by atoms with Crippen molar-refractivity contribution < 1.29 is 19.1 Å². The Kier molecular flexibility index (Phi) is 5.41. The van der Waals surface area contributed by atoms with E-state index in [0.717, 1.165) is 12.0 Å². The molecule has 1 saturated heterocycles. The molecular weight excluding hydrogens is 282 g/mol. The van der Waals surface area contributed by atoms with Gasteiger partial charge in [-0.2, -0.15) is 0 Å². The first-order valence-electron chi connectivity index (χ1n) is 7.79. The van der Waals surface area contributed by atoms with Crippen LogP contribution in [-0.4, -0.2) is 42.3 Å². The molecule has 0 N–H and O–H groups in total. The lowest BCUT2D eigenvalue weighted by atomic mass is 9.88. The normalized spacial score (nSPS) is 20.7. The highest BCUT2D eigenvalue weighted by atomic mass is 16.6. The fourth-order valence-corrected chi connectivity index (χ4v) is 3.01. The van der Waals surface area contributed by atoms with Gasteiger partial charge in [0.15, 0.2) is 0 Å². The molecule has 1 aliphatic heterocycles. The fraction of sp³-hybridized carbons (Fsp3) is 0.529. The Morgan fingerprint density at radius 3 is 2.45 bits per heavy atom. The van der Waals surface area contributed by atoms with Gasteiger partial charge in [-0.1, -0.05) is 30.3 Å². The zero-order valence-electron chi connectivity index (χ0n) is 13.2. The topological polar surface area (TPSA) is 55.8 Å². The van der Waals surface area contributed by atoms with Crippen LogP contribution in [0.15, 0.2) is 30.3 Å². The van der Waals surface area contributed by atoms with E-state index in [1.165, 1.54) is 0 Å². The standard InChI is InChI=1S/C17H23NO4/c1-3-21-15(19)17(13-14-9-6-5-7-10-14)11-8-12-18(17)16(20)22-4-2/h5-7,9-10H,3-4,8,11-13H2,1-2H3/t17-/m1/s1. The van der Waals surface area contributed by atoms with Crippen molar-refractivity contribution in [3.05, 3.63) is 35.9 Å². The quantitative estimate of drug-likeness (QED) is 0.785. The van der Waals surface area contributed by atoms with Gasteiger partial charge in [-0.25, -0.2) is 9.59 Å². The van der Waals surface area contributed by atoms with Crippen molar-refractivity contribution in [2.45, 2.75) is 38.6 Å². The number of hydrogen-bond acceptors (Lipinski definition) is 4. The molecule has 1 aromatic rings. The number of carbonyl (C=O) groups excluding carboxylic acids is 2. The third-order valence-electron chi connectivity index (χ3n) is 3.97. The molecule has 22 heavy (non-hydrogen) atoms. The molecule has 0 aromatic heterocycles. The zero-order valence-corrected chi connectivity index (χ0v) is 13.2. The van der Waals surface area contributed by atoms with Crippen molar-refractivity contribution in [3.8, 4) is 0 Å². The highest BCUT2D eigenvalue weighted by Crippen LogP contribution is 2.34. The van der Waals surface area contributed by atoms with Gasteiger partial charge in [-0.15, -0.1) is 0 Å². The number of ether oxygens (including phenoxy) is 2. The van der Waals surface area contributed by atoms with E-state index in [-0.39, 0.29) is 5.97 Å². The maximum atomic E-state index is 12.6. The Bertz CT molecular complexity index is 517. The van der Waals surface area contributed by atoms with Crippen LogP contribution in [0.4, 0.5) is 4.79 Å². The molecule has 1 atom stereocenters. The highest BCUT2D eigenvalue weighted by Gasteiger charge is 2.51. The lowest BCUT2D eigenvalue weighted by Gasteiger charge is -2.35. The number of esters is 1. The van der Waals surface area contributed by atoms with E-state index < -0.39 is 11.6 Å². The fourth-order valence-electron chi connectivity index (χ4n) is 3.01. The van der Waals surface area contributed by atoms with Crippen LogP contribution in [0.5, 0.6) is 0 Å². The van der Waals surface area contributed by atoms with Gasteiger partial charge < -0.3 is 9.47 Å². The molecule has 5 nitrogen and oxygen atoms in total. The lowest BCUT2D eigenvalue weighted by molar-refractivity contribution is -0.155. The van der Waals surface area contributed by atoms with Crippen molar-refractivity contribution >= 4 is 12.1 Å². The predicted octanol–water partition coefficient (Wildman–Crippen LogP) is 2.78. The molecule has 5 heteroatoms. The molecular formula is C17H23NO4. The van der Waals surface area contributed by atoms with Crippen LogP contribution in [0, 0.1) is 0 Å². The number of nitrogens with zero attached hydrogens (tertiary/aromatic N) is 1. The van der Waals surface area contributed by atoms with Crippen molar-refractivity contribution in [3.63, 3.8) is 0 Å². The minimum Gasteiger partial charge on any atom is -0.464 e. The molecule has 1 aromatic carbocycles. The maximum Gasteiger partial charge on any atom is 0.410 e. The van der Waals surface area contributed by atoms with Crippen LogP contribution in [0.1, 0.15) is 32.3 Å². The molecule has 120 valence electrons. The number of amides is 1. The van der Waals surface area contributed by atoms with Crippen molar-refractivity contribution in [2.24, 2.45) is 0 Å². The Balaban J connectivity index is 2.32. The van der Waals surface area contributed by atoms with Gasteiger partial charge in [-0.3, -0.25) is 4.90 Å². The van der Waals surface area contributed by atoms with E-state index in [2.05, 4.69) is 0 Å². The van der Waals surface area contributed by atoms with Gasteiger partial charge in [0.2, 0.25) is 0 Å². The summed E-state index contributed by atoms with van der Waals surface area (Å²) < 4.78 is 10.4. The van der Waals surface area contributed by atoms with Gasteiger partial charge >= 0.3 is 12.1 Å². The summed E-state index contributed by atoms with van der Waals surface area (Å²) in [6.07, 6.45) is 1.37. The van der Waals surface area contributed by atoms with Gasteiger partial charge in [-0.05, 0) is 32.3 Å². The Morgan fingerprint density at radius 1 is 1.14 bits per heavy atom. The molecule has 0 saturated carbocycles.